The van der Waals surface area contributed by atoms with Crippen LogP contribution in [-0.2, 0) is 11.2 Å². The van der Waals surface area contributed by atoms with Crippen molar-refractivity contribution in [1.29, 1.82) is 0 Å². The quantitative estimate of drug-likeness (QED) is 0.881. The minimum absolute atomic E-state index is 0.0419. The van der Waals surface area contributed by atoms with Crippen LogP contribution in [0.3, 0.4) is 0 Å². The summed E-state index contributed by atoms with van der Waals surface area (Å²) in [6.45, 7) is 7.80. The van der Waals surface area contributed by atoms with E-state index < -0.39 is 0 Å². The van der Waals surface area contributed by atoms with Crippen LogP contribution in [0.1, 0.15) is 53.9 Å². The monoisotopic (exact) mass is 342 g/mol. The molecule has 0 aliphatic carbocycles. The number of hydrogen-bond acceptors (Lipinski definition) is 3. The van der Waals surface area contributed by atoms with Gasteiger partial charge >= 0.3 is 0 Å². The van der Waals surface area contributed by atoms with Crippen molar-refractivity contribution in [3.05, 3.63) is 57.3 Å². The van der Waals surface area contributed by atoms with Crippen molar-refractivity contribution in [2.75, 3.05) is 13.1 Å². The lowest BCUT2D eigenvalue weighted by molar-refractivity contribution is -0.123. The molecule has 1 aromatic heterocycles. The van der Waals surface area contributed by atoms with Crippen LogP contribution >= 0.6 is 11.3 Å². The summed E-state index contributed by atoms with van der Waals surface area (Å²) in [7, 11) is 0. The number of carbonyl (C=O) groups is 1. The van der Waals surface area contributed by atoms with E-state index in [1.807, 2.05) is 23.5 Å². The molecular weight excluding hydrogens is 316 g/mol. The summed E-state index contributed by atoms with van der Waals surface area (Å²) in [5.41, 5.74) is 3.84. The molecule has 2 atom stereocenters. The number of fused-ring (bicyclic) bond motifs is 1. The highest BCUT2D eigenvalue weighted by Crippen LogP contribution is 2.34. The van der Waals surface area contributed by atoms with Gasteiger partial charge in [0.1, 0.15) is 0 Å². The van der Waals surface area contributed by atoms with Gasteiger partial charge in [0.05, 0.1) is 12.6 Å². The first-order valence-corrected chi connectivity index (χ1v) is 9.63. The predicted octanol–water partition coefficient (Wildman–Crippen LogP) is 4.24. The second-order valence-electron chi connectivity index (χ2n) is 6.59. The number of amides is 1. The number of thiophene rings is 1. The predicted molar refractivity (Wildman–Crippen MR) is 100 cm³/mol. The third kappa shape index (κ3) is 3.55. The SMILES string of the molecule is CCC1c2ccsc2CCN1CC(=O)NC(C)c1ccccc1C. The van der Waals surface area contributed by atoms with Crippen LogP contribution in [0.5, 0.6) is 0 Å². The zero-order valence-electron chi connectivity index (χ0n) is 14.7. The van der Waals surface area contributed by atoms with Crippen LogP contribution in [0.2, 0.25) is 0 Å². The second kappa shape index (κ2) is 7.49. The van der Waals surface area contributed by atoms with Gasteiger partial charge in [-0.3, -0.25) is 9.69 Å². The van der Waals surface area contributed by atoms with Crippen molar-refractivity contribution in [3.63, 3.8) is 0 Å². The van der Waals surface area contributed by atoms with Gasteiger partial charge in [0, 0.05) is 17.5 Å². The molecule has 0 bridgehead atoms. The summed E-state index contributed by atoms with van der Waals surface area (Å²) in [5.74, 6) is 0.114. The van der Waals surface area contributed by atoms with Crippen molar-refractivity contribution in [1.82, 2.24) is 10.2 Å². The second-order valence-corrected chi connectivity index (χ2v) is 7.59. The molecule has 1 N–H and O–H groups in total. The fourth-order valence-electron chi connectivity index (χ4n) is 3.74. The average molecular weight is 343 g/mol. The molecule has 2 unspecified atom stereocenters. The zero-order chi connectivity index (χ0) is 17.1. The number of benzene rings is 1. The Morgan fingerprint density at radius 2 is 2.17 bits per heavy atom. The third-order valence-electron chi connectivity index (χ3n) is 4.97. The molecule has 3 nitrogen and oxygen atoms in total. The van der Waals surface area contributed by atoms with Gasteiger partial charge in [0.2, 0.25) is 5.91 Å². The lowest BCUT2D eigenvalue weighted by Gasteiger charge is -2.35. The van der Waals surface area contributed by atoms with Gasteiger partial charge < -0.3 is 5.32 Å². The molecule has 3 rings (SSSR count). The maximum Gasteiger partial charge on any atom is 0.234 e. The van der Waals surface area contributed by atoms with E-state index in [-0.39, 0.29) is 11.9 Å². The molecular formula is C20H26N2OS. The Hall–Kier alpha value is -1.65. The first-order valence-electron chi connectivity index (χ1n) is 8.75. The highest BCUT2D eigenvalue weighted by atomic mass is 32.1. The van der Waals surface area contributed by atoms with Crippen molar-refractivity contribution in [2.45, 2.75) is 45.7 Å². The molecule has 1 aromatic carbocycles. The molecule has 0 radical (unpaired) electrons. The fraction of sp³-hybridized carbons (Fsp3) is 0.450. The molecule has 1 aliphatic rings. The van der Waals surface area contributed by atoms with E-state index in [1.54, 1.807) is 0 Å². The van der Waals surface area contributed by atoms with Crippen LogP contribution in [0.4, 0.5) is 0 Å². The van der Waals surface area contributed by atoms with Crippen molar-refractivity contribution >= 4 is 17.2 Å². The van der Waals surface area contributed by atoms with Crippen LogP contribution in [0.25, 0.3) is 0 Å². The largest absolute Gasteiger partial charge is 0.348 e. The summed E-state index contributed by atoms with van der Waals surface area (Å²) < 4.78 is 0. The molecule has 0 saturated carbocycles. The minimum atomic E-state index is 0.0419. The summed E-state index contributed by atoms with van der Waals surface area (Å²) in [5, 5.41) is 5.35. The van der Waals surface area contributed by atoms with Crippen LogP contribution in [0.15, 0.2) is 35.7 Å². The maximum atomic E-state index is 12.6. The third-order valence-corrected chi connectivity index (χ3v) is 5.97. The number of rotatable bonds is 5. The Morgan fingerprint density at radius 1 is 1.38 bits per heavy atom. The highest BCUT2D eigenvalue weighted by molar-refractivity contribution is 7.10. The Kier molecular flexibility index (Phi) is 5.36. The summed E-state index contributed by atoms with van der Waals surface area (Å²) in [6, 6.07) is 10.9. The lowest BCUT2D eigenvalue weighted by atomic mass is 9.98. The van der Waals surface area contributed by atoms with Crippen molar-refractivity contribution in [3.8, 4) is 0 Å². The highest BCUT2D eigenvalue weighted by Gasteiger charge is 2.28. The smallest absolute Gasteiger partial charge is 0.234 e. The van der Waals surface area contributed by atoms with Crippen molar-refractivity contribution < 1.29 is 4.79 Å². The molecule has 24 heavy (non-hydrogen) atoms. The van der Waals surface area contributed by atoms with E-state index in [4.69, 9.17) is 0 Å². The van der Waals surface area contributed by atoms with Gasteiger partial charge in [0.15, 0.2) is 0 Å². The summed E-state index contributed by atoms with van der Waals surface area (Å²) in [4.78, 5) is 16.4. The van der Waals surface area contributed by atoms with Crippen LogP contribution < -0.4 is 5.32 Å². The van der Waals surface area contributed by atoms with Crippen LogP contribution in [0, 0.1) is 6.92 Å². The van der Waals surface area contributed by atoms with E-state index >= 15 is 0 Å². The van der Waals surface area contributed by atoms with E-state index in [0.29, 0.717) is 12.6 Å². The van der Waals surface area contributed by atoms with Gasteiger partial charge in [-0.25, -0.2) is 0 Å². The molecule has 0 spiro atoms. The Labute approximate surface area is 148 Å². The van der Waals surface area contributed by atoms with E-state index in [0.717, 1.165) is 19.4 Å². The Bertz CT molecular complexity index is 709. The summed E-state index contributed by atoms with van der Waals surface area (Å²) >= 11 is 1.85. The molecule has 0 saturated heterocycles. The number of nitrogens with zero attached hydrogens (tertiary/aromatic N) is 1. The molecule has 4 heteroatoms. The number of hydrogen-bond donors (Lipinski definition) is 1. The minimum Gasteiger partial charge on any atom is -0.348 e. The van der Waals surface area contributed by atoms with Gasteiger partial charge in [-0.1, -0.05) is 31.2 Å². The van der Waals surface area contributed by atoms with E-state index in [1.165, 1.54) is 21.6 Å². The topological polar surface area (TPSA) is 32.3 Å². The Morgan fingerprint density at radius 3 is 2.92 bits per heavy atom. The zero-order valence-corrected chi connectivity index (χ0v) is 15.5. The van der Waals surface area contributed by atoms with Crippen LogP contribution in [-0.4, -0.2) is 23.9 Å². The van der Waals surface area contributed by atoms with Gasteiger partial charge in [-0.15, -0.1) is 11.3 Å². The summed E-state index contributed by atoms with van der Waals surface area (Å²) in [6.07, 6.45) is 2.11. The lowest BCUT2D eigenvalue weighted by Crippen LogP contribution is -2.42. The van der Waals surface area contributed by atoms with E-state index in [9.17, 15) is 4.79 Å². The van der Waals surface area contributed by atoms with Crippen molar-refractivity contribution in [2.24, 2.45) is 0 Å². The number of aryl methyl sites for hydroxylation is 1. The van der Waals surface area contributed by atoms with Gasteiger partial charge in [0.25, 0.3) is 0 Å². The van der Waals surface area contributed by atoms with Gasteiger partial charge in [-0.05, 0) is 54.8 Å². The fourth-order valence-corrected chi connectivity index (χ4v) is 4.67. The standard InChI is InChI=1S/C20H26N2OS/c1-4-18-17-10-12-24-19(17)9-11-22(18)13-20(23)21-15(3)16-8-6-5-7-14(16)2/h5-8,10,12,15,18H,4,9,11,13H2,1-3H3,(H,21,23). The van der Waals surface area contributed by atoms with Gasteiger partial charge in [-0.2, -0.15) is 0 Å². The number of carbonyl (C=O) groups excluding carboxylic acids is 1. The first kappa shape index (κ1) is 17.2. The molecule has 2 heterocycles. The Balaban J connectivity index is 1.64. The normalized spacial score (nSPS) is 18.9. The molecule has 128 valence electrons. The van der Waals surface area contributed by atoms with E-state index in [2.05, 4.69) is 54.6 Å². The first-order chi connectivity index (χ1) is 11.6. The average Bonchev–Trinajstić information content (AvgIpc) is 3.03. The molecule has 1 aliphatic heterocycles. The molecule has 1 amide bonds. The molecule has 2 aromatic rings. The number of nitrogens with one attached hydrogen (secondary N) is 1. The maximum absolute atomic E-state index is 12.6. The molecule has 0 fully saturated rings.